The lowest BCUT2D eigenvalue weighted by Crippen LogP contribution is -2.24. The number of hydrogen-bond acceptors (Lipinski definition) is 2. The van der Waals surface area contributed by atoms with Gasteiger partial charge in [-0.25, -0.2) is 0 Å². The standard InChI is InChI=1S/C20H19BrF3NO2/c21-16-3-1-2-15(8-16)17-9-18(17)19(26)25-10-13-4-6-14(7-5-13)11-27-12-20(22,23)24/h1-8,17-18H,9-12H2,(H,25,26). The van der Waals surface area contributed by atoms with Crippen molar-refractivity contribution < 1.29 is 22.7 Å². The summed E-state index contributed by atoms with van der Waals surface area (Å²) in [4.78, 5) is 12.3. The molecule has 1 saturated carbocycles. The molecule has 7 heteroatoms. The minimum Gasteiger partial charge on any atom is -0.367 e. The fourth-order valence-electron chi connectivity index (χ4n) is 2.95. The molecule has 0 spiro atoms. The molecule has 0 heterocycles. The molecule has 0 radical (unpaired) electrons. The van der Waals surface area contributed by atoms with E-state index in [0.29, 0.717) is 12.1 Å². The average molecular weight is 442 g/mol. The van der Waals surface area contributed by atoms with Crippen LogP contribution in [-0.4, -0.2) is 18.7 Å². The molecule has 2 atom stereocenters. The first-order chi connectivity index (χ1) is 12.8. The average Bonchev–Trinajstić information content (AvgIpc) is 3.41. The van der Waals surface area contributed by atoms with Crippen LogP contribution in [0, 0.1) is 5.92 Å². The van der Waals surface area contributed by atoms with Crippen molar-refractivity contribution in [3.63, 3.8) is 0 Å². The van der Waals surface area contributed by atoms with Crippen LogP contribution in [0.2, 0.25) is 0 Å². The molecule has 2 unspecified atom stereocenters. The molecule has 0 aromatic heterocycles. The highest BCUT2D eigenvalue weighted by Crippen LogP contribution is 2.47. The summed E-state index contributed by atoms with van der Waals surface area (Å²) in [6, 6.07) is 15.0. The highest BCUT2D eigenvalue weighted by molar-refractivity contribution is 9.10. The van der Waals surface area contributed by atoms with Gasteiger partial charge >= 0.3 is 6.18 Å². The summed E-state index contributed by atoms with van der Waals surface area (Å²) < 4.78 is 41.8. The van der Waals surface area contributed by atoms with Gasteiger partial charge in [0.25, 0.3) is 0 Å². The Balaban J connectivity index is 1.43. The molecule has 0 bridgehead atoms. The number of ether oxygens (including phenoxy) is 1. The van der Waals surface area contributed by atoms with Gasteiger partial charge in [-0.1, -0.05) is 52.3 Å². The number of benzene rings is 2. The van der Waals surface area contributed by atoms with Crippen LogP contribution in [0.4, 0.5) is 13.2 Å². The molecule has 0 aliphatic heterocycles. The van der Waals surface area contributed by atoms with E-state index in [4.69, 9.17) is 0 Å². The van der Waals surface area contributed by atoms with Crippen molar-refractivity contribution in [3.8, 4) is 0 Å². The van der Waals surface area contributed by atoms with Crippen LogP contribution in [-0.2, 0) is 22.7 Å². The minimum absolute atomic E-state index is 0.00524. The molecule has 2 aromatic rings. The monoisotopic (exact) mass is 441 g/mol. The number of amides is 1. The Kier molecular flexibility index (Phi) is 6.22. The Morgan fingerprint density at radius 3 is 2.52 bits per heavy atom. The molecule has 1 fully saturated rings. The van der Waals surface area contributed by atoms with E-state index >= 15 is 0 Å². The number of nitrogens with one attached hydrogen (secondary N) is 1. The molecule has 3 rings (SSSR count). The second kappa shape index (κ2) is 8.44. The van der Waals surface area contributed by atoms with Gasteiger partial charge < -0.3 is 10.1 Å². The van der Waals surface area contributed by atoms with Crippen molar-refractivity contribution in [2.45, 2.75) is 31.7 Å². The fourth-order valence-corrected chi connectivity index (χ4v) is 3.37. The third-order valence-corrected chi connectivity index (χ3v) is 4.92. The van der Waals surface area contributed by atoms with Gasteiger partial charge in [0.1, 0.15) is 6.61 Å². The van der Waals surface area contributed by atoms with Crippen LogP contribution in [0.1, 0.15) is 29.0 Å². The molecule has 1 amide bonds. The van der Waals surface area contributed by atoms with E-state index < -0.39 is 12.8 Å². The lowest BCUT2D eigenvalue weighted by atomic mass is 10.1. The maximum atomic E-state index is 12.3. The van der Waals surface area contributed by atoms with Crippen molar-refractivity contribution in [3.05, 3.63) is 69.7 Å². The van der Waals surface area contributed by atoms with Gasteiger partial charge in [-0.05, 0) is 41.2 Å². The van der Waals surface area contributed by atoms with E-state index in [1.807, 2.05) is 24.3 Å². The first kappa shape index (κ1) is 19.9. The minimum atomic E-state index is -4.32. The molecular formula is C20H19BrF3NO2. The van der Waals surface area contributed by atoms with Crippen LogP contribution < -0.4 is 5.32 Å². The number of halogens is 4. The Hall–Kier alpha value is -1.86. The van der Waals surface area contributed by atoms with Crippen molar-refractivity contribution in [2.24, 2.45) is 5.92 Å². The van der Waals surface area contributed by atoms with Crippen LogP contribution in [0.5, 0.6) is 0 Å². The zero-order valence-corrected chi connectivity index (χ0v) is 16.0. The largest absolute Gasteiger partial charge is 0.411 e. The van der Waals surface area contributed by atoms with E-state index in [-0.39, 0.29) is 24.3 Å². The lowest BCUT2D eigenvalue weighted by Gasteiger charge is -2.09. The van der Waals surface area contributed by atoms with Gasteiger partial charge in [0, 0.05) is 16.9 Å². The number of alkyl halides is 3. The molecule has 1 aliphatic carbocycles. The van der Waals surface area contributed by atoms with Gasteiger partial charge in [-0.15, -0.1) is 0 Å². The SMILES string of the molecule is O=C(NCc1ccc(COCC(F)(F)F)cc1)C1CC1c1cccc(Br)c1. The Labute approximate surface area is 164 Å². The molecule has 144 valence electrons. The quantitative estimate of drug-likeness (QED) is 0.660. The molecular weight excluding hydrogens is 423 g/mol. The Bertz CT molecular complexity index is 793. The zero-order valence-electron chi connectivity index (χ0n) is 14.4. The maximum absolute atomic E-state index is 12.3. The van der Waals surface area contributed by atoms with Crippen LogP contribution >= 0.6 is 15.9 Å². The predicted molar refractivity (Wildman–Crippen MR) is 99.0 cm³/mol. The van der Waals surface area contributed by atoms with E-state index in [9.17, 15) is 18.0 Å². The van der Waals surface area contributed by atoms with Crippen molar-refractivity contribution in [1.82, 2.24) is 5.32 Å². The highest BCUT2D eigenvalue weighted by Gasteiger charge is 2.43. The van der Waals surface area contributed by atoms with E-state index in [2.05, 4.69) is 26.0 Å². The summed E-state index contributed by atoms with van der Waals surface area (Å²) in [5, 5.41) is 2.93. The summed E-state index contributed by atoms with van der Waals surface area (Å²) in [6.07, 6.45) is -3.47. The Morgan fingerprint density at radius 2 is 1.85 bits per heavy atom. The van der Waals surface area contributed by atoms with E-state index in [1.165, 1.54) is 0 Å². The molecule has 3 nitrogen and oxygen atoms in total. The van der Waals surface area contributed by atoms with Gasteiger partial charge in [0.15, 0.2) is 0 Å². The number of carbonyl (C=O) groups excluding carboxylic acids is 1. The molecule has 1 N–H and O–H groups in total. The van der Waals surface area contributed by atoms with E-state index in [1.54, 1.807) is 24.3 Å². The van der Waals surface area contributed by atoms with Gasteiger partial charge in [-0.3, -0.25) is 4.79 Å². The molecule has 0 saturated heterocycles. The summed E-state index contributed by atoms with van der Waals surface area (Å²) in [7, 11) is 0. The first-order valence-corrected chi connectivity index (χ1v) is 9.36. The summed E-state index contributed by atoms with van der Waals surface area (Å²) in [5.74, 6) is 0.280. The van der Waals surface area contributed by atoms with Gasteiger partial charge in [0.2, 0.25) is 5.91 Å². The normalized spacial score (nSPS) is 19.0. The van der Waals surface area contributed by atoms with Gasteiger partial charge in [-0.2, -0.15) is 13.2 Å². The maximum Gasteiger partial charge on any atom is 0.411 e. The predicted octanol–water partition coefficient (Wildman–Crippen LogP) is 4.95. The number of rotatable bonds is 7. The highest BCUT2D eigenvalue weighted by atomic mass is 79.9. The summed E-state index contributed by atoms with van der Waals surface area (Å²) in [6.45, 7) is -0.960. The number of hydrogen-bond donors (Lipinski definition) is 1. The molecule has 2 aromatic carbocycles. The van der Waals surface area contributed by atoms with Crippen LogP contribution in [0.15, 0.2) is 53.0 Å². The second-order valence-corrected chi connectivity index (χ2v) is 7.56. The van der Waals surface area contributed by atoms with Crippen molar-refractivity contribution in [2.75, 3.05) is 6.61 Å². The third-order valence-electron chi connectivity index (χ3n) is 4.43. The Morgan fingerprint density at radius 1 is 1.15 bits per heavy atom. The summed E-state index contributed by atoms with van der Waals surface area (Å²) >= 11 is 3.44. The smallest absolute Gasteiger partial charge is 0.367 e. The lowest BCUT2D eigenvalue weighted by molar-refractivity contribution is -0.176. The number of carbonyl (C=O) groups is 1. The zero-order chi connectivity index (χ0) is 19.4. The third kappa shape index (κ3) is 6.07. The molecule has 1 aliphatic rings. The van der Waals surface area contributed by atoms with Crippen molar-refractivity contribution in [1.29, 1.82) is 0 Å². The van der Waals surface area contributed by atoms with E-state index in [0.717, 1.165) is 22.0 Å². The fraction of sp³-hybridized carbons (Fsp3) is 0.350. The van der Waals surface area contributed by atoms with Crippen molar-refractivity contribution >= 4 is 21.8 Å². The van der Waals surface area contributed by atoms with Crippen LogP contribution in [0.3, 0.4) is 0 Å². The van der Waals surface area contributed by atoms with Crippen LogP contribution in [0.25, 0.3) is 0 Å². The van der Waals surface area contributed by atoms with Gasteiger partial charge in [0.05, 0.1) is 6.61 Å². The first-order valence-electron chi connectivity index (χ1n) is 8.57. The summed E-state index contributed by atoms with van der Waals surface area (Å²) in [5.41, 5.74) is 2.71. The topological polar surface area (TPSA) is 38.3 Å². The second-order valence-electron chi connectivity index (χ2n) is 6.65. The molecule has 27 heavy (non-hydrogen) atoms.